The Hall–Kier alpha value is -2.42. The van der Waals surface area contributed by atoms with Gasteiger partial charge >= 0.3 is 0 Å². The lowest BCUT2D eigenvalue weighted by molar-refractivity contribution is 0.247. The van der Waals surface area contributed by atoms with Crippen LogP contribution in [0.5, 0.6) is 0 Å². The summed E-state index contributed by atoms with van der Waals surface area (Å²) in [6, 6.07) is 25.9. The Kier molecular flexibility index (Phi) is 5.11. The average Bonchev–Trinajstić information content (AvgIpc) is 3.01. The summed E-state index contributed by atoms with van der Waals surface area (Å²) in [4.78, 5) is 0. The molecule has 0 heterocycles. The Morgan fingerprint density at radius 1 is 0.593 bits per heavy atom. The summed E-state index contributed by atoms with van der Waals surface area (Å²) in [5, 5.41) is 19.1. The Morgan fingerprint density at radius 2 is 1.22 bits per heavy atom. The predicted octanol–water partition coefficient (Wildman–Crippen LogP) is 5.17. The maximum atomic E-state index is 9.55. The van der Waals surface area contributed by atoms with Crippen molar-refractivity contribution in [2.45, 2.75) is 31.1 Å². The first kappa shape index (κ1) is 18.0. The molecule has 1 aliphatic carbocycles. The van der Waals surface area contributed by atoms with Gasteiger partial charge in [-0.05, 0) is 65.1 Å². The topological polar surface area (TPSA) is 40.5 Å². The lowest BCUT2D eigenvalue weighted by Gasteiger charge is -2.32. The van der Waals surface area contributed by atoms with E-state index in [-0.39, 0.29) is 18.6 Å². The molecule has 3 aromatic rings. The molecule has 0 aromatic heterocycles. The first-order chi connectivity index (χ1) is 13.3. The molecule has 2 nitrogen and oxygen atoms in total. The molecule has 0 saturated heterocycles. The molecule has 0 amide bonds. The number of hydrogen-bond donors (Lipinski definition) is 2. The molecule has 138 valence electrons. The van der Waals surface area contributed by atoms with Gasteiger partial charge in [-0.2, -0.15) is 0 Å². The second kappa shape index (κ2) is 7.67. The quantitative estimate of drug-likeness (QED) is 0.612. The molecule has 0 aliphatic heterocycles. The fourth-order valence-electron chi connectivity index (χ4n) is 4.69. The van der Waals surface area contributed by atoms with Crippen molar-refractivity contribution >= 4 is 0 Å². The number of aliphatic hydroxyl groups is 2. The Labute approximate surface area is 161 Å². The van der Waals surface area contributed by atoms with Crippen LogP contribution >= 0.6 is 0 Å². The number of fused-ring (bicyclic) bond motifs is 3. The van der Waals surface area contributed by atoms with Crippen molar-refractivity contribution in [3.05, 3.63) is 83.9 Å². The van der Waals surface area contributed by atoms with Gasteiger partial charge in [0.2, 0.25) is 0 Å². The standard InChI is InChI=1S/C25H26O2/c26-16-6-14-25(15-7-17-27)23-11-5-4-10-21(23)22-13-12-20(18-24(22)25)19-8-2-1-3-9-19/h1-5,8-13,18,26-27H,6-7,14-17H2. The van der Waals surface area contributed by atoms with E-state index in [0.29, 0.717) is 0 Å². The lowest BCUT2D eigenvalue weighted by Crippen LogP contribution is -2.26. The van der Waals surface area contributed by atoms with Gasteiger partial charge in [0, 0.05) is 18.6 Å². The SMILES string of the molecule is OCCCC1(CCCO)c2ccccc2-c2ccc(-c3ccccc3)cc21. The third kappa shape index (κ3) is 3.09. The summed E-state index contributed by atoms with van der Waals surface area (Å²) < 4.78 is 0. The predicted molar refractivity (Wildman–Crippen MR) is 111 cm³/mol. The molecule has 27 heavy (non-hydrogen) atoms. The second-order valence-electron chi connectivity index (χ2n) is 7.41. The van der Waals surface area contributed by atoms with E-state index in [1.165, 1.54) is 33.4 Å². The molecule has 0 bridgehead atoms. The van der Waals surface area contributed by atoms with Crippen LogP contribution in [-0.4, -0.2) is 23.4 Å². The minimum atomic E-state index is -0.137. The Balaban J connectivity index is 1.90. The summed E-state index contributed by atoms with van der Waals surface area (Å²) in [5.74, 6) is 0. The number of rotatable bonds is 7. The van der Waals surface area contributed by atoms with E-state index >= 15 is 0 Å². The van der Waals surface area contributed by atoms with Gasteiger partial charge < -0.3 is 10.2 Å². The van der Waals surface area contributed by atoms with Gasteiger partial charge in [0.1, 0.15) is 0 Å². The van der Waals surface area contributed by atoms with E-state index in [9.17, 15) is 10.2 Å². The van der Waals surface area contributed by atoms with Gasteiger partial charge in [0.05, 0.1) is 0 Å². The lowest BCUT2D eigenvalue weighted by atomic mass is 9.71. The van der Waals surface area contributed by atoms with E-state index in [2.05, 4.69) is 66.7 Å². The first-order valence-corrected chi connectivity index (χ1v) is 9.82. The molecular formula is C25H26O2. The number of hydrogen-bond acceptors (Lipinski definition) is 2. The molecule has 0 unspecified atom stereocenters. The minimum Gasteiger partial charge on any atom is -0.396 e. The van der Waals surface area contributed by atoms with Crippen LogP contribution < -0.4 is 0 Å². The van der Waals surface area contributed by atoms with Crippen LogP contribution in [0.25, 0.3) is 22.3 Å². The molecule has 2 heteroatoms. The monoisotopic (exact) mass is 358 g/mol. The van der Waals surface area contributed by atoms with E-state index < -0.39 is 0 Å². The smallest absolute Gasteiger partial charge is 0.0431 e. The van der Waals surface area contributed by atoms with Gasteiger partial charge in [-0.15, -0.1) is 0 Å². The van der Waals surface area contributed by atoms with Crippen LogP contribution in [0.4, 0.5) is 0 Å². The summed E-state index contributed by atoms with van der Waals surface area (Å²) in [6.45, 7) is 0.382. The summed E-state index contributed by atoms with van der Waals surface area (Å²) >= 11 is 0. The van der Waals surface area contributed by atoms with Gasteiger partial charge in [0.25, 0.3) is 0 Å². The average molecular weight is 358 g/mol. The van der Waals surface area contributed by atoms with Crippen molar-refractivity contribution in [3.63, 3.8) is 0 Å². The molecule has 1 aliphatic rings. The number of benzene rings is 3. The first-order valence-electron chi connectivity index (χ1n) is 9.82. The third-order valence-corrected chi connectivity index (χ3v) is 5.90. The van der Waals surface area contributed by atoms with Crippen molar-refractivity contribution in [1.82, 2.24) is 0 Å². The highest BCUT2D eigenvalue weighted by Gasteiger charge is 2.42. The van der Waals surface area contributed by atoms with Gasteiger partial charge in [0.15, 0.2) is 0 Å². The van der Waals surface area contributed by atoms with E-state index in [0.717, 1.165) is 25.7 Å². The van der Waals surface area contributed by atoms with Crippen LogP contribution in [-0.2, 0) is 5.41 Å². The molecular weight excluding hydrogens is 332 g/mol. The van der Waals surface area contributed by atoms with E-state index in [1.54, 1.807) is 0 Å². The molecule has 0 saturated carbocycles. The Bertz CT molecular complexity index is 907. The normalized spacial score (nSPS) is 14.0. The second-order valence-corrected chi connectivity index (χ2v) is 7.41. The largest absolute Gasteiger partial charge is 0.396 e. The van der Waals surface area contributed by atoms with Gasteiger partial charge in [-0.25, -0.2) is 0 Å². The van der Waals surface area contributed by atoms with Crippen LogP contribution in [0.1, 0.15) is 36.8 Å². The zero-order valence-corrected chi connectivity index (χ0v) is 15.6. The molecule has 0 atom stereocenters. The molecule has 4 rings (SSSR count). The number of aliphatic hydroxyl groups excluding tert-OH is 2. The van der Waals surface area contributed by atoms with Crippen LogP contribution in [0.15, 0.2) is 72.8 Å². The Morgan fingerprint density at radius 3 is 1.93 bits per heavy atom. The minimum absolute atomic E-state index is 0.137. The summed E-state index contributed by atoms with van der Waals surface area (Å²) in [7, 11) is 0. The van der Waals surface area contributed by atoms with Crippen LogP contribution in [0, 0.1) is 0 Å². The van der Waals surface area contributed by atoms with E-state index in [4.69, 9.17) is 0 Å². The van der Waals surface area contributed by atoms with Crippen molar-refractivity contribution in [2.24, 2.45) is 0 Å². The summed E-state index contributed by atoms with van der Waals surface area (Å²) in [6.07, 6.45) is 3.31. The van der Waals surface area contributed by atoms with Crippen molar-refractivity contribution in [3.8, 4) is 22.3 Å². The zero-order chi connectivity index (χ0) is 18.7. The summed E-state index contributed by atoms with van der Waals surface area (Å²) in [5.41, 5.74) is 7.57. The highest BCUT2D eigenvalue weighted by atomic mass is 16.3. The van der Waals surface area contributed by atoms with Crippen molar-refractivity contribution in [1.29, 1.82) is 0 Å². The highest BCUT2D eigenvalue weighted by molar-refractivity contribution is 5.83. The van der Waals surface area contributed by atoms with Crippen LogP contribution in [0.3, 0.4) is 0 Å². The molecule has 2 N–H and O–H groups in total. The van der Waals surface area contributed by atoms with Gasteiger partial charge in [-0.3, -0.25) is 0 Å². The maximum Gasteiger partial charge on any atom is 0.0431 e. The van der Waals surface area contributed by atoms with Crippen molar-refractivity contribution in [2.75, 3.05) is 13.2 Å². The van der Waals surface area contributed by atoms with Crippen molar-refractivity contribution < 1.29 is 10.2 Å². The molecule has 3 aromatic carbocycles. The molecule has 0 radical (unpaired) electrons. The van der Waals surface area contributed by atoms with Gasteiger partial charge in [-0.1, -0.05) is 66.7 Å². The van der Waals surface area contributed by atoms with Crippen LogP contribution in [0.2, 0.25) is 0 Å². The maximum absolute atomic E-state index is 9.55. The molecule has 0 fully saturated rings. The highest BCUT2D eigenvalue weighted by Crippen LogP contribution is 2.54. The molecule has 0 spiro atoms. The fourth-order valence-corrected chi connectivity index (χ4v) is 4.69. The fraction of sp³-hybridized carbons (Fsp3) is 0.280. The zero-order valence-electron chi connectivity index (χ0n) is 15.6. The van der Waals surface area contributed by atoms with E-state index in [1.807, 2.05) is 6.07 Å². The third-order valence-electron chi connectivity index (χ3n) is 5.90.